The average Bonchev–Trinajstić information content (AvgIpc) is 3.79. The van der Waals surface area contributed by atoms with Gasteiger partial charge in [-0.2, -0.15) is 0 Å². The van der Waals surface area contributed by atoms with E-state index in [1.54, 1.807) is 41.8 Å². The largest absolute Gasteiger partial charge is 0.389 e. The number of likely N-dealkylation sites (N-methyl/N-ethyl adjacent to an activating group) is 1. The Kier molecular flexibility index (Phi) is 10.1. The highest BCUT2D eigenvalue weighted by atomic mass is 32.1. The van der Waals surface area contributed by atoms with Crippen LogP contribution in [0, 0.1) is 6.92 Å². The maximum absolute atomic E-state index is 13.6. The van der Waals surface area contributed by atoms with Gasteiger partial charge in [0.15, 0.2) is 0 Å². The van der Waals surface area contributed by atoms with E-state index in [9.17, 15) is 14.7 Å². The maximum atomic E-state index is 13.6. The van der Waals surface area contributed by atoms with Gasteiger partial charge in [-0.25, -0.2) is 4.98 Å². The van der Waals surface area contributed by atoms with Crippen LogP contribution in [0.3, 0.4) is 0 Å². The molecule has 0 saturated heterocycles. The lowest BCUT2D eigenvalue weighted by Gasteiger charge is -2.29. The Morgan fingerprint density at radius 3 is 2.48 bits per heavy atom. The van der Waals surface area contributed by atoms with E-state index in [2.05, 4.69) is 35.2 Å². The predicted molar refractivity (Wildman–Crippen MR) is 175 cm³/mol. The number of rotatable bonds is 13. The Hall–Kier alpha value is -4.08. The maximum Gasteiger partial charge on any atom is 0.254 e. The molecule has 1 fully saturated rings. The van der Waals surface area contributed by atoms with E-state index < -0.39 is 12.1 Å². The lowest BCUT2D eigenvalue weighted by atomic mass is 9.99. The summed E-state index contributed by atoms with van der Waals surface area (Å²) in [6.45, 7) is 6.95. The van der Waals surface area contributed by atoms with Crippen molar-refractivity contribution in [3.8, 4) is 0 Å². The molecule has 2 aromatic carbocycles. The van der Waals surface area contributed by atoms with Crippen LogP contribution in [0.1, 0.15) is 75.2 Å². The SMILES string of the molecule is Cc1csc(CN(C(=O)c2cccc(C(=O)NC(Cc3ccccc3)C(O)CN(C)c3cncc(C(C)C)c3)c2)C2CC2)n1. The number of pyridine rings is 1. The third kappa shape index (κ3) is 8.09. The van der Waals surface area contributed by atoms with Crippen molar-refractivity contribution in [3.63, 3.8) is 0 Å². The molecule has 2 N–H and O–H groups in total. The second-order valence-electron chi connectivity index (χ2n) is 12.0. The van der Waals surface area contributed by atoms with Gasteiger partial charge in [-0.3, -0.25) is 14.6 Å². The predicted octanol–water partition coefficient (Wildman–Crippen LogP) is 5.61. The summed E-state index contributed by atoms with van der Waals surface area (Å²) in [7, 11) is 1.92. The summed E-state index contributed by atoms with van der Waals surface area (Å²) >= 11 is 1.56. The van der Waals surface area contributed by atoms with Crippen LogP contribution in [0.4, 0.5) is 5.69 Å². The molecule has 2 aromatic heterocycles. The van der Waals surface area contributed by atoms with Crippen LogP contribution in [0.2, 0.25) is 0 Å². The normalized spacial score (nSPS) is 14.2. The van der Waals surface area contributed by atoms with Gasteiger partial charge in [-0.15, -0.1) is 11.3 Å². The number of aliphatic hydroxyl groups excluding tert-OH is 1. The fraction of sp³-hybridized carbons (Fsp3) is 0.371. The number of nitrogens with one attached hydrogen (secondary N) is 1. The van der Waals surface area contributed by atoms with Gasteiger partial charge >= 0.3 is 0 Å². The monoisotopic (exact) mass is 611 g/mol. The summed E-state index contributed by atoms with van der Waals surface area (Å²) in [6.07, 6.45) is 5.17. The quantitative estimate of drug-likeness (QED) is 0.204. The summed E-state index contributed by atoms with van der Waals surface area (Å²) in [6, 6.07) is 18.4. The molecule has 2 heterocycles. The van der Waals surface area contributed by atoms with Gasteiger partial charge in [0, 0.05) is 48.0 Å². The van der Waals surface area contributed by atoms with E-state index in [1.807, 2.05) is 65.7 Å². The van der Waals surface area contributed by atoms with Crippen molar-refractivity contribution >= 4 is 28.8 Å². The highest BCUT2D eigenvalue weighted by Gasteiger charge is 2.34. The van der Waals surface area contributed by atoms with Gasteiger partial charge < -0.3 is 20.2 Å². The average molecular weight is 612 g/mol. The molecular weight excluding hydrogens is 570 g/mol. The number of carbonyl (C=O) groups is 2. The number of aliphatic hydroxyl groups is 1. The van der Waals surface area contributed by atoms with Crippen LogP contribution in [0.5, 0.6) is 0 Å². The second-order valence-corrected chi connectivity index (χ2v) is 12.9. The first-order valence-corrected chi connectivity index (χ1v) is 16.1. The zero-order valence-electron chi connectivity index (χ0n) is 25.8. The van der Waals surface area contributed by atoms with E-state index in [-0.39, 0.29) is 17.9 Å². The lowest BCUT2D eigenvalue weighted by Crippen LogP contribution is -2.49. The molecular formula is C35H41N5O3S. The molecule has 5 rings (SSSR count). The Labute approximate surface area is 263 Å². The van der Waals surface area contributed by atoms with Crippen LogP contribution in [-0.2, 0) is 13.0 Å². The van der Waals surface area contributed by atoms with Gasteiger partial charge in [-0.1, -0.05) is 50.2 Å². The molecule has 2 atom stereocenters. The second kappa shape index (κ2) is 14.1. The molecule has 9 heteroatoms. The van der Waals surface area contributed by atoms with Crippen LogP contribution in [0.15, 0.2) is 78.4 Å². The molecule has 1 aliphatic rings. The first-order chi connectivity index (χ1) is 21.2. The van der Waals surface area contributed by atoms with Crippen molar-refractivity contribution in [1.29, 1.82) is 0 Å². The molecule has 230 valence electrons. The molecule has 0 aliphatic heterocycles. The Bertz CT molecular complexity index is 1570. The summed E-state index contributed by atoms with van der Waals surface area (Å²) in [5.41, 5.74) is 4.82. The molecule has 1 saturated carbocycles. The van der Waals surface area contributed by atoms with Crippen molar-refractivity contribution in [2.75, 3.05) is 18.5 Å². The zero-order chi connectivity index (χ0) is 31.2. The Morgan fingerprint density at radius 1 is 1.05 bits per heavy atom. The minimum atomic E-state index is -0.871. The molecule has 4 aromatic rings. The molecule has 1 aliphatic carbocycles. The molecule has 2 amide bonds. The highest BCUT2D eigenvalue weighted by Crippen LogP contribution is 2.30. The number of hydrogen-bond acceptors (Lipinski definition) is 7. The van der Waals surface area contributed by atoms with Crippen LogP contribution in [0.25, 0.3) is 0 Å². The van der Waals surface area contributed by atoms with Crippen molar-refractivity contribution in [2.24, 2.45) is 0 Å². The lowest BCUT2D eigenvalue weighted by molar-refractivity contribution is 0.0729. The van der Waals surface area contributed by atoms with Crippen LogP contribution >= 0.6 is 11.3 Å². The van der Waals surface area contributed by atoms with E-state index in [0.29, 0.717) is 36.6 Å². The number of anilines is 1. The van der Waals surface area contributed by atoms with Crippen LogP contribution < -0.4 is 10.2 Å². The molecule has 44 heavy (non-hydrogen) atoms. The smallest absolute Gasteiger partial charge is 0.254 e. The summed E-state index contributed by atoms with van der Waals surface area (Å²) in [5, 5.41) is 17.4. The van der Waals surface area contributed by atoms with Crippen LogP contribution in [-0.4, -0.2) is 63.6 Å². The third-order valence-corrected chi connectivity index (χ3v) is 8.94. The Morgan fingerprint density at radius 2 is 1.80 bits per heavy atom. The van der Waals surface area contributed by atoms with Gasteiger partial charge in [0.25, 0.3) is 11.8 Å². The summed E-state index contributed by atoms with van der Waals surface area (Å²) in [4.78, 5) is 40.0. The van der Waals surface area contributed by atoms with Gasteiger partial charge in [0.2, 0.25) is 0 Å². The van der Waals surface area contributed by atoms with E-state index in [0.717, 1.165) is 40.4 Å². The molecule has 0 radical (unpaired) electrons. The number of benzene rings is 2. The van der Waals surface area contributed by atoms with E-state index in [1.165, 1.54) is 0 Å². The third-order valence-electron chi connectivity index (χ3n) is 7.99. The fourth-order valence-corrected chi connectivity index (χ4v) is 5.99. The number of carbonyl (C=O) groups excluding carboxylic acids is 2. The fourth-order valence-electron chi connectivity index (χ4n) is 5.22. The minimum absolute atomic E-state index is 0.102. The first kappa shape index (κ1) is 31.3. The molecule has 2 unspecified atom stereocenters. The summed E-state index contributed by atoms with van der Waals surface area (Å²) < 4.78 is 0. The number of aromatic nitrogens is 2. The minimum Gasteiger partial charge on any atom is -0.389 e. The number of amides is 2. The Balaban J connectivity index is 1.32. The van der Waals surface area contributed by atoms with Crippen molar-refractivity contribution in [3.05, 3.63) is 111 Å². The van der Waals surface area contributed by atoms with Gasteiger partial charge in [0.1, 0.15) is 5.01 Å². The number of aryl methyl sites for hydroxylation is 1. The van der Waals surface area contributed by atoms with E-state index in [4.69, 9.17) is 0 Å². The highest BCUT2D eigenvalue weighted by molar-refractivity contribution is 7.09. The topological polar surface area (TPSA) is 98.7 Å². The molecule has 0 spiro atoms. The standard InChI is InChI=1S/C35H41N5O3S/c1-23(2)28-17-30(19-36-18-28)39(4)20-32(41)31(15-25-9-6-5-7-10-25)38-34(42)26-11-8-12-27(16-26)35(43)40(29-13-14-29)21-33-37-24(3)22-44-33/h5-12,16-19,22-23,29,31-32,41H,13-15,20-21H2,1-4H3,(H,38,42). The number of hydrogen-bond donors (Lipinski definition) is 2. The van der Waals surface area contributed by atoms with Gasteiger partial charge in [0.05, 0.1) is 30.6 Å². The molecule has 0 bridgehead atoms. The molecule has 8 nitrogen and oxygen atoms in total. The van der Waals surface area contributed by atoms with Gasteiger partial charge in [-0.05, 0) is 67.5 Å². The first-order valence-electron chi connectivity index (χ1n) is 15.2. The zero-order valence-corrected chi connectivity index (χ0v) is 26.6. The number of thiazole rings is 1. The van der Waals surface area contributed by atoms with E-state index >= 15 is 0 Å². The van der Waals surface area contributed by atoms with Crippen molar-refractivity contribution in [1.82, 2.24) is 20.2 Å². The number of nitrogens with zero attached hydrogens (tertiary/aromatic N) is 4. The van der Waals surface area contributed by atoms with Crippen molar-refractivity contribution < 1.29 is 14.7 Å². The summed E-state index contributed by atoms with van der Waals surface area (Å²) in [5.74, 6) is -0.101. The van der Waals surface area contributed by atoms with Crippen molar-refractivity contribution in [2.45, 2.75) is 70.7 Å².